The number of hydrogen-bond donors (Lipinski definition) is 0. The summed E-state index contributed by atoms with van der Waals surface area (Å²) in [6.07, 6.45) is 0. The molecule has 1 saturated heterocycles. The minimum atomic E-state index is 0.982. The van der Waals surface area contributed by atoms with Gasteiger partial charge in [-0.15, -0.1) is 11.3 Å². The summed E-state index contributed by atoms with van der Waals surface area (Å²) >= 11 is 1.75. The molecule has 2 heterocycles. The number of likely N-dealkylation sites (N-methyl/N-ethyl adjacent to an activating group) is 1. The number of thiazole rings is 1. The molecular weight excluding hydrogens is 266 g/mol. The summed E-state index contributed by atoms with van der Waals surface area (Å²) in [6.45, 7) is 7.73. The number of aryl methyl sites for hydroxylation is 1. The van der Waals surface area contributed by atoms with Gasteiger partial charge in [0, 0.05) is 43.7 Å². The third-order valence-electron chi connectivity index (χ3n) is 3.80. The lowest BCUT2D eigenvalue weighted by molar-refractivity contribution is 0.147. The zero-order valence-corrected chi connectivity index (χ0v) is 13.0. The van der Waals surface area contributed by atoms with Gasteiger partial charge in [0.15, 0.2) is 0 Å². The lowest BCUT2D eigenvalue weighted by Crippen LogP contribution is -2.43. The van der Waals surface area contributed by atoms with E-state index in [-0.39, 0.29) is 0 Å². The molecule has 1 aliphatic rings. The number of benzene rings is 1. The highest BCUT2D eigenvalue weighted by Crippen LogP contribution is 2.25. The first-order valence-corrected chi connectivity index (χ1v) is 8.01. The van der Waals surface area contributed by atoms with Crippen LogP contribution in [0, 0.1) is 6.92 Å². The fraction of sp³-hybridized carbons (Fsp3) is 0.438. The number of hydrogen-bond acceptors (Lipinski definition) is 4. The molecule has 0 aliphatic carbocycles. The molecule has 2 aromatic rings. The van der Waals surface area contributed by atoms with Crippen molar-refractivity contribution in [1.82, 2.24) is 14.8 Å². The molecule has 1 aromatic carbocycles. The summed E-state index contributed by atoms with van der Waals surface area (Å²) in [6, 6.07) is 8.58. The largest absolute Gasteiger partial charge is 0.304 e. The average molecular weight is 287 g/mol. The van der Waals surface area contributed by atoms with Gasteiger partial charge in [0.1, 0.15) is 5.01 Å². The Labute approximate surface area is 124 Å². The monoisotopic (exact) mass is 287 g/mol. The van der Waals surface area contributed by atoms with Crippen molar-refractivity contribution >= 4 is 11.3 Å². The molecule has 1 aliphatic heterocycles. The zero-order chi connectivity index (χ0) is 13.9. The molecule has 20 heavy (non-hydrogen) atoms. The van der Waals surface area contributed by atoms with Crippen LogP contribution in [0.4, 0.5) is 0 Å². The molecule has 4 heteroatoms. The van der Waals surface area contributed by atoms with E-state index in [9.17, 15) is 0 Å². The van der Waals surface area contributed by atoms with Crippen LogP contribution in [0.5, 0.6) is 0 Å². The van der Waals surface area contributed by atoms with Crippen molar-refractivity contribution in [3.05, 3.63) is 40.9 Å². The van der Waals surface area contributed by atoms with Gasteiger partial charge in [0.05, 0.1) is 5.69 Å². The molecule has 0 saturated carbocycles. The predicted octanol–water partition coefficient (Wildman–Crippen LogP) is 2.87. The van der Waals surface area contributed by atoms with Crippen LogP contribution in [0.15, 0.2) is 29.6 Å². The molecule has 1 aromatic heterocycles. The Hall–Kier alpha value is -1.23. The second kappa shape index (κ2) is 6.04. The molecule has 106 valence electrons. The summed E-state index contributed by atoms with van der Waals surface area (Å²) < 4.78 is 0. The summed E-state index contributed by atoms with van der Waals surface area (Å²) in [4.78, 5) is 9.68. The van der Waals surface area contributed by atoms with Gasteiger partial charge >= 0.3 is 0 Å². The molecule has 0 amide bonds. The van der Waals surface area contributed by atoms with E-state index in [0.717, 1.165) is 37.7 Å². The SMILES string of the molecule is Cc1cccc(-c2nc(CN3CCN(C)CC3)cs2)c1. The highest BCUT2D eigenvalue weighted by Gasteiger charge is 2.15. The molecule has 3 nitrogen and oxygen atoms in total. The predicted molar refractivity (Wildman–Crippen MR) is 85.1 cm³/mol. The van der Waals surface area contributed by atoms with Gasteiger partial charge < -0.3 is 4.90 Å². The fourth-order valence-electron chi connectivity index (χ4n) is 2.53. The smallest absolute Gasteiger partial charge is 0.123 e. The quantitative estimate of drug-likeness (QED) is 0.865. The van der Waals surface area contributed by atoms with E-state index in [0.29, 0.717) is 0 Å². The lowest BCUT2D eigenvalue weighted by Gasteiger charge is -2.31. The topological polar surface area (TPSA) is 19.4 Å². The Morgan fingerprint density at radius 2 is 2.00 bits per heavy atom. The van der Waals surface area contributed by atoms with Crippen molar-refractivity contribution in [3.8, 4) is 10.6 Å². The fourth-order valence-corrected chi connectivity index (χ4v) is 3.33. The summed E-state index contributed by atoms with van der Waals surface area (Å²) in [5.41, 5.74) is 3.73. The molecule has 0 N–H and O–H groups in total. The standard InChI is InChI=1S/C16H21N3S/c1-13-4-3-5-14(10-13)16-17-15(12-20-16)11-19-8-6-18(2)7-9-19/h3-5,10,12H,6-9,11H2,1-2H3. The van der Waals surface area contributed by atoms with E-state index in [4.69, 9.17) is 4.98 Å². The van der Waals surface area contributed by atoms with Gasteiger partial charge in [-0.25, -0.2) is 4.98 Å². The maximum absolute atomic E-state index is 4.80. The molecular formula is C16H21N3S. The van der Waals surface area contributed by atoms with Crippen LogP contribution in [0.25, 0.3) is 10.6 Å². The Morgan fingerprint density at radius 3 is 2.75 bits per heavy atom. The van der Waals surface area contributed by atoms with E-state index in [1.165, 1.54) is 16.8 Å². The zero-order valence-electron chi connectivity index (χ0n) is 12.2. The van der Waals surface area contributed by atoms with Gasteiger partial charge in [0.25, 0.3) is 0 Å². The first-order chi connectivity index (χ1) is 9.70. The van der Waals surface area contributed by atoms with Crippen LogP contribution in [0.2, 0.25) is 0 Å². The van der Waals surface area contributed by atoms with Crippen molar-refractivity contribution < 1.29 is 0 Å². The molecule has 0 spiro atoms. The van der Waals surface area contributed by atoms with E-state index in [2.05, 4.69) is 53.4 Å². The summed E-state index contributed by atoms with van der Waals surface area (Å²) in [5.74, 6) is 0. The van der Waals surface area contributed by atoms with Crippen LogP contribution >= 0.6 is 11.3 Å². The van der Waals surface area contributed by atoms with Crippen LogP contribution in [-0.4, -0.2) is 48.0 Å². The van der Waals surface area contributed by atoms with E-state index < -0.39 is 0 Å². The third-order valence-corrected chi connectivity index (χ3v) is 4.74. The van der Waals surface area contributed by atoms with Crippen LogP contribution in [0.3, 0.4) is 0 Å². The Bertz CT molecular complexity index is 571. The lowest BCUT2D eigenvalue weighted by atomic mass is 10.1. The molecule has 0 radical (unpaired) electrons. The number of piperazine rings is 1. The van der Waals surface area contributed by atoms with Gasteiger partial charge in [-0.2, -0.15) is 0 Å². The maximum Gasteiger partial charge on any atom is 0.123 e. The number of aromatic nitrogens is 1. The van der Waals surface area contributed by atoms with Crippen molar-refractivity contribution in [2.45, 2.75) is 13.5 Å². The Kier molecular flexibility index (Phi) is 4.15. The Balaban J connectivity index is 1.68. The first-order valence-electron chi connectivity index (χ1n) is 7.13. The second-order valence-corrected chi connectivity index (χ2v) is 6.45. The highest BCUT2D eigenvalue weighted by molar-refractivity contribution is 7.13. The number of rotatable bonds is 3. The van der Waals surface area contributed by atoms with Crippen molar-refractivity contribution in [1.29, 1.82) is 0 Å². The van der Waals surface area contributed by atoms with E-state index in [1.807, 2.05) is 0 Å². The highest BCUT2D eigenvalue weighted by atomic mass is 32.1. The average Bonchev–Trinajstić information content (AvgIpc) is 2.90. The minimum absolute atomic E-state index is 0.982. The van der Waals surface area contributed by atoms with Crippen LogP contribution in [-0.2, 0) is 6.54 Å². The minimum Gasteiger partial charge on any atom is -0.304 e. The van der Waals surface area contributed by atoms with Crippen molar-refractivity contribution in [2.75, 3.05) is 33.2 Å². The first kappa shape index (κ1) is 13.7. The van der Waals surface area contributed by atoms with Crippen LogP contribution < -0.4 is 0 Å². The molecule has 0 atom stereocenters. The maximum atomic E-state index is 4.80. The molecule has 3 rings (SSSR count). The van der Waals surface area contributed by atoms with Gasteiger partial charge in [-0.05, 0) is 20.0 Å². The normalized spacial score (nSPS) is 17.5. The Morgan fingerprint density at radius 1 is 1.20 bits per heavy atom. The van der Waals surface area contributed by atoms with Gasteiger partial charge in [-0.3, -0.25) is 4.90 Å². The molecule has 1 fully saturated rings. The second-order valence-electron chi connectivity index (χ2n) is 5.59. The van der Waals surface area contributed by atoms with Gasteiger partial charge in [0.2, 0.25) is 0 Å². The number of nitrogens with zero attached hydrogens (tertiary/aromatic N) is 3. The molecule has 0 unspecified atom stereocenters. The third kappa shape index (κ3) is 3.26. The van der Waals surface area contributed by atoms with E-state index >= 15 is 0 Å². The van der Waals surface area contributed by atoms with Crippen molar-refractivity contribution in [3.63, 3.8) is 0 Å². The molecule has 0 bridgehead atoms. The van der Waals surface area contributed by atoms with Crippen LogP contribution in [0.1, 0.15) is 11.3 Å². The van der Waals surface area contributed by atoms with Gasteiger partial charge in [-0.1, -0.05) is 23.8 Å². The summed E-state index contributed by atoms with van der Waals surface area (Å²) in [7, 11) is 2.19. The summed E-state index contributed by atoms with van der Waals surface area (Å²) in [5, 5.41) is 3.34. The van der Waals surface area contributed by atoms with E-state index in [1.54, 1.807) is 11.3 Å². The van der Waals surface area contributed by atoms with Crippen molar-refractivity contribution in [2.24, 2.45) is 0 Å².